The van der Waals surface area contributed by atoms with E-state index in [1.807, 2.05) is 13.8 Å². The number of nitrogens with one attached hydrogen (secondary N) is 1. The molecule has 1 aromatic carbocycles. The molecule has 1 atom stereocenters. The van der Waals surface area contributed by atoms with Crippen molar-refractivity contribution in [3.63, 3.8) is 0 Å². The summed E-state index contributed by atoms with van der Waals surface area (Å²) >= 11 is 0. The molecule has 0 saturated carbocycles. The molecule has 104 valence electrons. The fraction of sp³-hybridized carbons (Fsp3) is 0.429. The number of esters is 1. The first-order valence-electron chi connectivity index (χ1n) is 6.12. The van der Waals surface area contributed by atoms with Crippen LogP contribution in [-0.4, -0.2) is 25.0 Å². The van der Waals surface area contributed by atoms with Gasteiger partial charge in [-0.25, -0.2) is 4.79 Å². The molecular weight excluding hydrogens is 244 g/mol. The van der Waals surface area contributed by atoms with Crippen molar-refractivity contribution in [2.75, 3.05) is 12.4 Å². The van der Waals surface area contributed by atoms with Crippen LogP contribution in [0.25, 0.3) is 0 Å². The Morgan fingerprint density at radius 2 is 1.95 bits per heavy atom. The SMILES string of the molecule is COC(=O)c1cccc(NC(=O)[C@H](N)C(C)C)c1C. The number of ether oxygens (including phenoxy) is 1. The third-order valence-corrected chi connectivity index (χ3v) is 3.02. The van der Waals surface area contributed by atoms with E-state index in [0.717, 1.165) is 0 Å². The fourth-order valence-electron chi connectivity index (χ4n) is 1.62. The quantitative estimate of drug-likeness (QED) is 0.811. The number of carbonyl (C=O) groups excluding carboxylic acids is 2. The first-order chi connectivity index (χ1) is 8.88. The summed E-state index contributed by atoms with van der Waals surface area (Å²) in [5, 5.41) is 2.74. The van der Waals surface area contributed by atoms with Crippen molar-refractivity contribution in [3.8, 4) is 0 Å². The van der Waals surface area contributed by atoms with Crippen LogP contribution in [0.1, 0.15) is 29.8 Å². The molecule has 5 heteroatoms. The molecule has 0 fully saturated rings. The highest BCUT2D eigenvalue weighted by Crippen LogP contribution is 2.20. The van der Waals surface area contributed by atoms with Crippen molar-refractivity contribution >= 4 is 17.6 Å². The first-order valence-corrected chi connectivity index (χ1v) is 6.12. The maximum atomic E-state index is 11.9. The molecule has 19 heavy (non-hydrogen) atoms. The number of benzene rings is 1. The van der Waals surface area contributed by atoms with Crippen molar-refractivity contribution in [3.05, 3.63) is 29.3 Å². The monoisotopic (exact) mass is 264 g/mol. The summed E-state index contributed by atoms with van der Waals surface area (Å²) in [6, 6.07) is 4.49. The van der Waals surface area contributed by atoms with Gasteiger partial charge in [0.05, 0.1) is 18.7 Å². The molecule has 0 aromatic heterocycles. The van der Waals surface area contributed by atoms with E-state index in [1.165, 1.54) is 7.11 Å². The van der Waals surface area contributed by atoms with Crippen LogP contribution >= 0.6 is 0 Å². The summed E-state index contributed by atoms with van der Waals surface area (Å²) in [4.78, 5) is 23.5. The second kappa shape index (κ2) is 6.33. The highest BCUT2D eigenvalue weighted by atomic mass is 16.5. The summed E-state index contributed by atoms with van der Waals surface area (Å²) in [6.45, 7) is 5.51. The minimum Gasteiger partial charge on any atom is -0.465 e. The maximum Gasteiger partial charge on any atom is 0.338 e. The standard InChI is InChI=1S/C14H20N2O3/c1-8(2)12(15)13(17)16-11-7-5-6-10(9(11)3)14(18)19-4/h5-8,12H,15H2,1-4H3,(H,16,17)/t12-/m1/s1. The molecule has 5 nitrogen and oxygen atoms in total. The lowest BCUT2D eigenvalue weighted by atomic mass is 10.0. The third kappa shape index (κ3) is 3.54. The number of methoxy groups -OCH3 is 1. The van der Waals surface area contributed by atoms with Gasteiger partial charge < -0.3 is 15.8 Å². The lowest BCUT2D eigenvalue weighted by molar-refractivity contribution is -0.118. The van der Waals surface area contributed by atoms with Crippen molar-refractivity contribution in [2.45, 2.75) is 26.8 Å². The van der Waals surface area contributed by atoms with Gasteiger partial charge in [-0.2, -0.15) is 0 Å². The molecule has 0 radical (unpaired) electrons. The second-order valence-electron chi connectivity index (χ2n) is 4.73. The van der Waals surface area contributed by atoms with Gasteiger partial charge in [0.2, 0.25) is 5.91 Å². The van der Waals surface area contributed by atoms with Gasteiger partial charge in [0.15, 0.2) is 0 Å². The number of carbonyl (C=O) groups is 2. The number of hydrogen-bond acceptors (Lipinski definition) is 4. The Balaban J connectivity index is 2.97. The first kappa shape index (κ1) is 15.2. The van der Waals surface area contributed by atoms with E-state index < -0.39 is 12.0 Å². The highest BCUT2D eigenvalue weighted by molar-refractivity contribution is 5.98. The molecule has 0 spiro atoms. The maximum absolute atomic E-state index is 11.9. The zero-order chi connectivity index (χ0) is 14.6. The van der Waals surface area contributed by atoms with Crippen LogP contribution in [0.5, 0.6) is 0 Å². The predicted octanol–water partition coefficient (Wildman–Crippen LogP) is 1.70. The molecule has 1 aromatic rings. The number of amides is 1. The number of nitrogens with two attached hydrogens (primary N) is 1. The van der Waals surface area contributed by atoms with Gasteiger partial charge in [-0.1, -0.05) is 19.9 Å². The van der Waals surface area contributed by atoms with Gasteiger partial charge >= 0.3 is 5.97 Å². The van der Waals surface area contributed by atoms with E-state index in [1.54, 1.807) is 25.1 Å². The van der Waals surface area contributed by atoms with E-state index in [2.05, 4.69) is 10.1 Å². The topological polar surface area (TPSA) is 81.4 Å². The molecule has 3 N–H and O–H groups in total. The Bertz CT molecular complexity index is 484. The largest absolute Gasteiger partial charge is 0.465 e. The smallest absolute Gasteiger partial charge is 0.338 e. The van der Waals surface area contributed by atoms with Gasteiger partial charge in [0.1, 0.15) is 0 Å². The molecule has 1 rings (SSSR count). The molecule has 0 aliphatic rings. The summed E-state index contributed by atoms with van der Waals surface area (Å²) in [6.07, 6.45) is 0. The van der Waals surface area contributed by atoms with Crippen LogP contribution in [-0.2, 0) is 9.53 Å². The average molecular weight is 264 g/mol. The molecule has 0 aliphatic heterocycles. The lowest BCUT2D eigenvalue weighted by Crippen LogP contribution is -2.39. The van der Waals surface area contributed by atoms with Gasteiger partial charge in [-0.15, -0.1) is 0 Å². The third-order valence-electron chi connectivity index (χ3n) is 3.02. The Morgan fingerprint density at radius 1 is 1.32 bits per heavy atom. The zero-order valence-corrected chi connectivity index (χ0v) is 11.7. The minimum atomic E-state index is -0.582. The Labute approximate surface area is 113 Å². The van der Waals surface area contributed by atoms with Crippen molar-refractivity contribution in [2.24, 2.45) is 11.7 Å². The Hall–Kier alpha value is -1.88. The average Bonchev–Trinajstić information content (AvgIpc) is 2.39. The van der Waals surface area contributed by atoms with E-state index in [0.29, 0.717) is 16.8 Å². The summed E-state index contributed by atoms with van der Waals surface area (Å²) in [7, 11) is 1.32. The molecule has 0 saturated heterocycles. The molecule has 0 aliphatic carbocycles. The van der Waals surface area contributed by atoms with Crippen LogP contribution in [0, 0.1) is 12.8 Å². The van der Waals surface area contributed by atoms with E-state index >= 15 is 0 Å². The predicted molar refractivity (Wildman–Crippen MR) is 74.0 cm³/mol. The molecule has 0 heterocycles. The number of anilines is 1. The van der Waals surface area contributed by atoms with Crippen LogP contribution < -0.4 is 11.1 Å². The van der Waals surface area contributed by atoms with Gasteiger partial charge in [-0.05, 0) is 30.5 Å². The molecular formula is C14H20N2O3. The number of rotatable bonds is 4. The second-order valence-corrected chi connectivity index (χ2v) is 4.73. The van der Waals surface area contributed by atoms with E-state index in [4.69, 9.17) is 5.73 Å². The van der Waals surface area contributed by atoms with Crippen molar-refractivity contribution < 1.29 is 14.3 Å². The summed E-state index contributed by atoms with van der Waals surface area (Å²) < 4.78 is 4.69. The fourth-order valence-corrected chi connectivity index (χ4v) is 1.62. The normalized spacial score (nSPS) is 12.1. The summed E-state index contributed by atoms with van der Waals surface area (Å²) in [5.74, 6) is -0.647. The van der Waals surface area contributed by atoms with Crippen molar-refractivity contribution in [1.29, 1.82) is 0 Å². The van der Waals surface area contributed by atoms with Crippen LogP contribution in [0.3, 0.4) is 0 Å². The van der Waals surface area contributed by atoms with Crippen LogP contribution in [0.15, 0.2) is 18.2 Å². The van der Waals surface area contributed by atoms with Gasteiger partial charge in [-0.3, -0.25) is 4.79 Å². The molecule has 1 amide bonds. The zero-order valence-electron chi connectivity index (χ0n) is 11.7. The lowest BCUT2D eigenvalue weighted by Gasteiger charge is -2.17. The Morgan fingerprint density at radius 3 is 2.47 bits per heavy atom. The molecule has 0 unspecified atom stereocenters. The van der Waals surface area contributed by atoms with Crippen molar-refractivity contribution in [1.82, 2.24) is 0 Å². The summed E-state index contributed by atoms with van der Waals surface area (Å²) in [5.41, 5.74) is 7.45. The van der Waals surface area contributed by atoms with Crippen LogP contribution in [0.4, 0.5) is 5.69 Å². The molecule has 0 bridgehead atoms. The Kier molecular flexibility index (Phi) is 5.06. The van der Waals surface area contributed by atoms with Gasteiger partial charge in [0, 0.05) is 5.69 Å². The highest BCUT2D eigenvalue weighted by Gasteiger charge is 2.19. The number of hydrogen-bond donors (Lipinski definition) is 2. The van der Waals surface area contributed by atoms with E-state index in [9.17, 15) is 9.59 Å². The van der Waals surface area contributed by atoms with Gasteiger partial charge in [0.25, 0.3) is 0 Å². The van der Waals surface area contributed by atoms with E-state index in [-0.39, 0.29) is 11.8 Å². The minimum absolute atomic E-state index is 0.0455. The van der Waals surface area contributed by atoms with Crippen LogP contribution in [0.2, 0.25) is 0 Å².